The molecule has 1 aliphatic heterocycles. The molecule has 2 aliphatic rings. The fourth-order valence-corrected chi connectivity index (χ4v) is 2.55. The molecule has 1 aliphatic carbocycles. The summed E-state index contributed by atoms with van der Waals surface area (Å²) in [7, 11) is 0. The van der Waals surface area contributed by atoms with Gasteiger partial charge >= 0.3 is 0 Å². The lowest BCUT2D eigenvalue weighted by Gasteiger charge is -2.31. The Morgan fingerprint density at radius 3 is 3.00 bits per heavy atom. The number of carbonyl (C=O) groups excluding carboxylic acids is 1. The quantitative estimate of drug-likeness (QED) is 0.730. The Hall–Kier alpha value is -0.790. The van der Waals surface area contributed by atoms with E-state index in [2.05, 4.69) is 12.2 Å². The van der Waals surface area contributed by atoms with Gasteiger partial charge in [0.05, 0.1) is 0 Å². The molecule has 0 fully saturated rings. The Balaban J connectivity index is 2.07. The Labute approximate surface area is 85.8 Å². The number of rotatable bonds is 2. The van der Waals surface area contributed by atoms with Crippen molar-refractivity contribution in [1.82, 2.24) is 5.32 Å². The lowest BCUT2D eigenvalue weighted by Crippen LogP contribution is -2.36. The van der Waals surface area contributed by atoms with Crippen LogP contribution < -0.4 is 5.32 Å². The van der Waals surface area contributed by atoms with Crippen molar-refractivity contribution in [2.75, 3.05) is 0 Å². The van der Waals surface area contributed by atoms with Crippen molar-refractivity contribution in [3.63, 3.8) is 0 Å². The largest absolute Gasteiger partial charge is 0.385 e. The zero-order valence-electron chi connectivity index (χ0n) is 8.94. The molecule has 0 radical (unpaired) electrons. The molecule has 1 heterocycles. The molecule has 0 saturated heterocycles. The van der Waals surface area contributed by atoms with Gasteiger partial charge in [0.2, 0.25) is 0 Å². The standard InChI is InChI=1S/C12H19NO/c1-2-4-9-7-8-10-11(13-9)5-3-6-12(10)14/h9,13H,2-8H2,1H3/t9-/m0/s1. The normalized spacial score (nSPS) is 27.2. The Bertz CT molecular complexity index is 267. The molecule has 0 aromatic rings. The number of allylic oxidation sites excluding steroid dienone is 2. The molecular weight excluding hydrogens is 174 g/mol. The van der Waals surface area contributed by atoms with Gasteiger partial charge in [0, 0.05) is 23.7 Å². The molecule has 2 heteroatoms. The summed E-state index contributed by atoms with van der Waals surface area (Å²) in [5.74, 6) is 0.397. The molecule has 2 rings (SSSR count). The fraction of sp³-hybridized carbons (Fsp3) is 0.750. The Morgan fingerprint density at radius 1 is 1.36 bits per heavy atom. The van der Waals surface area contributed by atoms with Gasteiger partial charge in [-0.05, 0) is 32.1 Å². The van der Waals surface area contributed by atoms with Crippen LogP contribution in [-0.2, 0) is 4.79 Å². The molecule has 2 nitrogen and oxygen atoms in total. The van der Waals surface area contributed by atoms with Crippen LogP contribution in [0.4, 0.5) is 0 Å². The second kappa shape index (κ2) is 4.16. The highest BCUT2D eigenvalue weighted by molar-refractivity contribution is 5.96. The molecule has 14 heavy (non-hydrogen) atoms. The fourth-order valence-electron chi connectivity index (χ4n) is 2.55. The number of Topliss-reactive ketones (excluding diaryl/α,β-unsaturated/α-hetero) is 1. The highest BCUT2D eigenvalue weighted by Crippen LogP contribution is 2.29. The van der Waals surface area contributed by atoms with Crippen molar-refractivity contribution in [3.05, 3.63) is 11.3 Å². The molecule has 78 valence electrons. The summed E-state index contributed by atoms with van der Waals surface area (Å²) in [5, 5.41) is 3.55. The van der Waals surface area contributed by atoms with Crippen LogP contribution in [0.3, 0.4) is 0 Å². The van der Waals surface area contributed by atoms with Crippen LogP contribution in [0.1, 0.15) is 51.9 Å². The summed E-state index contributed by atoms with van der Waals surface area (Å²) in [6.07, 6.45) is 7.56. The average molecular weight is 193 g/mol. The molecular formula is C12H19NO. The maximum Gasteiger partial charge on any atom is 0.160 e. The molecule has 1 N–H and O–H groups in total. The minimum atomic E-state index is 0.397. The zero-order chi connectivity index (χ0) is 9.97. The summed E-state index contributed by atoms with van der Waals surface area (Å²) >= 11 is 0. The summed E-state index contributed by atoms with van der Waals surface area (Å²) in [5.41, 5.74) is 2.38. The highest BCUT2D eigenvalue weighted by atomic mass is 16.1. The van der Waals surface area contributed by atoms with Gasteiger partial charge in [0.15, 0.2) is 5.78 Å². The van der Waals surface area contributed by atoms with E-state index in [1.54, 1.807) is 0 Å². The molecule has 1 atom stereocenters. The molecule has 0 amide bonds. The molecule has 0 aromatic carbocycles. The van der Waals surface area contributed by atoms with Crippen LogP contribution in [0.25, 0.3) is 0 Å². The Morgan fingerprint density at radius 2 is 2.21 bits per heavy atom. The molecule has 0 unspecified atom stereocenters. The smallest absolute Gasteiger partial charge is 0.160 e. The average Bonchev–Trinajstić information content (AvgIpc) is 2.18. The Kier molecular flexibility index (Phi) is 2.90. The van der Waals surface area contributed by atoms with Crippen LogP contribution in [0, 0.1) is 0 Å². The maximum absolute atomic E-state index is 11.6. The van der Waals surface area contributed by atoms with E-state index < -0.39 is 0 Å². The first-order valence-corrected chi connectivity index (χ1v) is 5.83. The van der Waals surface area contributed by atoms with E-state index in [0.717, 1.165) is 37.7 Å². The van der Waals surface area contributed by atoms with Gasteiger partial charge in [-0.1, -0.05) is 13.3 Å². The highest BCUT2D eigenvalue weighted by Gasteiger charge is 2.26. The van der Waals surface area contributed by atoms with E-state index in [9.17, 15) is 4.79 Å². The van der Waals surface area contributed by atoms with E-state index in [1.807, 2.05) is 0 Å². The van der Waals surface area contributed by atoms with Crippen molar-refractivity contribution >= 4 is 5.78 Å². The SMILES string of the molecule is CCC[C@H]1CCC2=C(CCCC2=O)N1. The maximum atomic E-state index is 11.6. The second-order valence-corrected chi connectivity index (χ2v) is 4.40. The van der Waals surface area contributed by atoms with Gasteiger partial charge in [-0.3, -0.25) is 4.79 Å². The number of hydrogen-bond donors (Lipinski definition) is 1. The van der Waals surface area contributed by atoms with Crippen molar-refractivity contribution in [3.8, 4) is 0 Å². The molecule has 0 bridgehead atoms. The van der Waals surface area contributed by atoms with E-state index in [0.29, 0.717) is 11.8 Å². The monoisotopic (exact) mass is 193 g/mol. The first-order chi connectivity index (χ1) is 6.81. The van der Waals surface area contributed by atoms with Gasteiger partial charge in [0.1, 0.15) is 0 Å². The van der Waals surface area contributed by atoms with Gasteiger partial charge in [-0.15, -0.1) is 0 Å². The predicted molar refractivity (Wildman–Crippen MR) is 56.9 cm³/mol. The third-order valence-corrected chi connectivity index (χ3v) is 3.29. The van der Waals surface area contributed by atoms with Gasteiger partial charge in [-0.2, -0.15) is 0 Å². The van der Waals surface area contributed by atoms with Crippen molar-refractivity contribution in [1.29, 1.82) is 0 Å². The molecule has 0 aromatic heterocycles. The summed E-state index contributed by atoms with van der Waals surface area (Å²) in [6, 6.07) is 0.629. The lowest BCUT2D eigenvalue weighted by molar-refractivity contribution is -0.116. The lowest BCUT2D eigenvalue weighted by atomic mass is 9.86. The van der Waals surface area contributed by atoms with Crippen LogP contribution >= 0.6 is 0 Å². The summed E-state index contributed by atoms with van der Waals surface area (Å²) < 4.78 is 0. The first-order valence-electron chi connectivity index (χ1n) is 5.83. The van der Waals surface area contributed by atoms with Gasteiger partial charge < -0.3 is 5.32 Å². The zero-order valence-corrected chi connectivity index (χ0v) is 8.94. The minimum Gasteiger partial charge on any atom is -0.385 e. The number of nitrogens with one attached hydrogen (secondary N) is 1. The third kappa shape index (κ3) is 1.84. The van der Waals surface area contributed by atoms with Crippen LogP contribution in [0.5, 0.6) is 0 Å². The predicted octanol–water partition coefficient (Wildman–Crippen LogP) is 2.55. The molecule has 0 saturated carbocycles. The molecule has 0 spiro atoms. The van der Waals surface area contributed by atoms with E-state index in [-0.39, 0.29) is 0 Å². The van der Waals surface area contributed by atoms with Crippen LogP contribution in [0.15, 0.2) is 11.3 Å². The van der Waals surface area contributed by atoms with E-state index in [1.165, 1.54) is 18.5 Å². The summed E-state index contributed by atoms with van der Waals surface area (Å²) in [6.45, 7) is 2.22. The van der Waals surface area contributed by atoms with E-state index in [4.69, 9.17) is 0 Å². The van der Waals surface area contributed by atoms with Crippen molar-refractivity contribution < 1.29 is 4.79 Å². The summed E-state index contributed by atoms with van der Waals surface area (Å²) in [4.78, 5) is 11.6. The topological polar surface area (TPSA) is 29.1 Å². The minimum absolute atomic E-state index is 0.397. The van der Waals surface area contributed by atoms with Crippen LogP contribution in [-0.4, -0.2) is 11.8 Å². The third-order valence-electron chi connectivity index (χ3n) is 3.29. The van der Waals surface area contributed by atoms with Crippen molar-refractivity contribution in [2.45, 2.75) is 57.9 Å². The van der Waals surface area contributed by atoms with E-state index >= 15 is 0 Å². The number of ketones is 1. The van der Waals surface area contributed by atoms with Gasteiger partial charge in [-0.25, -0.2) is 0 Å². The van der Waals surface area contributed by atoms with Gasteiger partial charge in [0.25, 0.3) is 0 Å². The second-order valence-electron chi connectivity index (χ2n) is 4.40. The number of hydrogen-bond acceptors (Lipinski definition) is 2. The van der Waals surface area contributed by atoms with Crippen molar-refractivity contribution in [2.24, 2.45) is 0 Å². The first kappa shape index (κ1) is 9.75. The van der Waals surface area contributed by atoms with Crippen LogP contribution in [0.2, 0.25) is 0 Å². The number of carbonyl (C=O) groups is 1.